The van der Waals surface area contributed by atoms with Gasteiger partial charge in [-0.05, 0) is 49.1 Å². The summed E-state index contributed by atoms with van der Waals surface area (Å²) < 4.78 is 13.0. The Morgan fingerprint density at radius 2 is 2.00 bits per heavy atom. The average Bonchev–Trinajstić information content (AvgIpc) is 2.20. The van der Waals surface area contributed by atoms with Crippen molar-refractivity contribution in [3.05, 3.63) is 35.1 Å². The highest BCUT2D eigenvalue weighted by atomic mass is 19.1. The second kappa shape index (κ2) is 6.00. The topological polar surface area (TPSA) is 12.0 Å². The predicted molar refractivity (Wildman–Crippen MR) is 67.0 cm³/mol. The molecule has 0 spiro atoms. The molecule has 16 heavy (non-hydrogen) atoms. The molecule has 1 aromatic rings. The van der Waals surface area contributed by atoms with Crippen LogP contribution in [0.4, 0.5) is 4.39 Å². The van der Waals surface area contributed by atoms with Gasteiger partial charge in [0.2, 0.25) is 0 Å². The molecule has 0 saturated carbocycles. The predicted octanol–water partition coefficient (Wildman–Crippen LogP) is 3.83. The summed E-state index contributed by atoms with van der Waals surface area (Å²) >= 11 is 0. The van der Waals surface area contributed by atoms with Crippen molar-refractivity contribution >= 4 is 0 Å². The second-order valence-electron chi connectivity index (χ2n) is 4.68. The molecule has 0 heterocycles. The van der Waals surface area contributed by atoms with E-state index in [1.165, 1.54) is 5.56 Å². The minimum atomic E-state index is -0.153. The fourth-order valence-electron chi connectivity index (χ4n) is 1.99. The van der Waals surface area contributed by atoms with Crippen LogP contribution < -0.4 is 5.32 Å². The first-order valence-electron chi connectivity index (χ1n) is 6.05. The number of hydrogen-bond donors (Lipinski definition) is 1. The van der Waals surface area contributed by atoms with Gasteiger partial charge in [0, 0.05) is 6.04 Å². The molecule has 1 unspecified atom stereocenters. The molecule has 1 nitrogen and oxygen atoms in total. The van der Waals surface area contributed by atoms with E-state index in [0.29, 0.717) is 12.0 Å². The summed E-state index contributed by atoms with van der Waals surface area (Å²) in [4.78, 5) is 0. The van der Waals surface area contributed by atoms with Gasteiger partial charge < -0.3 is 5.32 Å². The Bertz CT molecular complexity index is 334. The Morgan fingerprint density at radius 1 is 1.31 bits per heavy atom. The van der Waals surface area contributed by atoms with Crippen LogP contribution in [0.15, 0.2) is 18.2 Å². The Balaban J connectivity index is 2.92. The lowest BCUT2D eigenvalue weighted by molar-refractivity contribution is 0.410. The van der Waals surface area contributed by atoms with Gasteiger partial charge in [0.05, 0.1) is 0 Å². The first-order chi connectivity index (χ1) is 7.56. The van der Waals surface area contributed by atoms with E-state index in [1.807, 2.05) is 13.0 Å². The average molecular weight is 223 g/mol. The van der Waals surface area contributed by atoms with Crippen LogP contribution in [-0.2, 0) is 0 Å². The normalized spacial score (nSPS) is 13.1. The summed E-state index contributed by atoms with van der Waals surface area (Å²) in [5.41, 5.74) is 2.24. The van der Waals surface area contributed by atoms with Crippen LogP contribution in [0.3, 0.4) is 0 Å². The molecule has 1 aromatic carbocycles. The van der Waals surface area contributed by atoms with Gasteiger partial charge in [-0.1, -0.05) is 26.8 Å². The summed E-state index contributed by atoms with van der Waals surface area (Å²) in [7, 11) is 0. The highest BCUT2D eigenvalue weighted by molar-refractivity contribution is 5.29. The first kappa shape index (κ1) is 13.2. The second-order valence-corrected chi connectivity index (χ2v) is 4.68. The summed E-state index contributed by atoms with van der Waals surface area (Å²) in [5, 5.41) is 3.52. The zero-order chi connectivity index (χ0) is 12.1. The zero-order valence-corrected chi connectivity index (χ0v) is 10.7. The summed E-state index contributed by atoms with van der Waals surface area (Å²) in [6.07, 6.45) is 1.11. The zero-order valence-electron chi connectivity index (χ0n) is 10.7. The van der Waals surface area contributed by atoms with E-state index in [1.54, 1.807) is 12.1 Å². The van der Waals surface area contributed by atoms with Crippen molar-refractivity contribution in [1.29, 1.82) is 0 Å². The van der Waals surface area contributed by atoms with Crippen molar-refractivity contribution in [3.63, 3.8) is 0 Å². The van der Waals surface area contributed by atoms with Gasteiger partial charge in [-0.15, -0.1) is 0 Å². The van der Waals surface area contributed by atoms with E-state index in [2.05, 4.69) is 26.1 Å². The third-order valence-corrected chi connectivity index (χ3v) is 2.85. The molecule has 0 aliphatic rings. The molecule has 0 radical (unpaired) electrons. The van der Waals surface area contributed by atoms with E-state index >= 15 is 0 Å². The van der Waals surface area contributed by atoms with E-state index in [9.17, 15) is 4.39 Å². The van der Waals surface area contributed by atoms with Crippen LogP contribution in [0, 0.1) is 18.7 Å². The van der Waals surface area contributed by atoms with E-state index in [4.69, 9.17) is 0 Å². The van der Waals surface area contributed by atoms with Crippen LogP contribution in [0.5, 0.6) is 0 Å². The van der Waals surface area contributed by atoms with Crippen molar-refractivity contribution in [2.75, 3.05) is 6.54 Å². The van der Waals surface area contributed by atoms with Gasteiger partial charge >= 0.3 is 0 Å². The fraction of sp³-hybridized carbons (Fsp3) is 0.571. The molecule has 2 heteroatoms. The highest BCUT2D eigenvalue weighted by Crippen LogP contribution is 2.25. The molecule has 0 aliphatic carbocycles. The van der Waals surface area contributed by atoms with E-state index in [-0.39, 0.29) is 5.82 Å². The van der Waals surface area contributed by atoms with Crippen LogP contribution in [0.2, 0.25) is 0 Å². The quantitative estimate of drug-likeness (QED) is 0.800. The van der Waals surface area contributed by atoms with Crippen molar-refractivity contribution < 1.29 is 4.39 Å². The monoisotopic (exact) mass is 223 g/mol. The maximum atomic E-state index is 13.0. The summed E-state index contributed by atoms with van der Waals surface area (Å²) in [5.74, 6) is 0.356. The Hall–Kier alpha value is -0.890. The largest absolute Gasteiger partial charge is 0.310 e. The maximum absolute atomic E-state index is 13.0. The molecule has 1 N–H and O–H groups in total. The van der Waals surface area contributed by atoms with Gasteiger partial charge in [-0.25, -0.2) is 4.39 Å². The van der Waals surface area contributed by atoms with E-state index < -0.39 is 0 Å². The van der Waals surface area contributed by atoms with Crippen LogP contribution in [0.1, 0.15) is 44.4 Å². The lowest BCUT2D eigenvalue weighted by Gasteiger charge is -2.24. The lowest BCUT2D eigenvalue weighted by atomic mass is 9.92. The maximum Gasteiger partial charge on any atom is 0.123 e. The number of rotatable bonds is 5. The first-order valence-corrected chi connectivity index (χ1v) is 6.05. The standard InChI is InChI=1S/C14H22FN/c1-5-8-16-14(10(2)3)13-7-6-12(15)9-11(13)4/h6-7,9-10,14,16H,5,8H2,1-4H3. The van der Waals surface area contributed by atoms with Gasteiger partial charge in [-0.2, -0.15) is 0 Å². The number of halogens is 1. The van der Waals surface area contributed by atoms with Crippen molar-refractivity contribution in [2.24, 2.45) is 5.92 Å². The number of hydrogen-bond acceptors (Lipinski definition) is 1. The van der Waals surface area contributed by atoms with Crippen LogP contribution in [-0.4, -0.2) is 6.54 Å². The van der Waals surface area contributed by atoms with Gasteiger partial charge in [0.25, 0.3) is 0 Å². The van der Waals surface area contributed by atoms with Gasteiger partial charge in [0.15, 0.2) is 0 Å². The molecule has 90 valence electrons. The highest BCUT2D eigenvalue weighted by Gasteiger charge is 2.16. The van der Waals surface area contributed by atoms with Gasteiger partial charge in [0.1, 0.15) is 5.82 Å². The van der Waals surface area contributed by atoms with Crippen LogP contribution in [0.25, 0.3) is 0 Å². The van der Waals surface area contributed by atoms with Gasteiger partial charge in [-0.3, -0.25) is 0 Å². The Morgan fingerprint density at radius 3 is 2.50 bits per heavy atom. The number of nitrogens with one attached hydrogen (secondary N) is 1. The molecule has 1 rings (SSSR count). The van der Waals surface area contributed by atoms with Crippen LogP contribution >= 0.6 is 0 Å². The molecular weight excluding hydrogens is 201 g/mol. The number of aryl methyl sites for hydroxylation is 1. The number of benzene rings is 1. The molecular formula is C14H22FN. The minimum absolute atomic E-state index is 0.153. The molecule has 0 aromatic heterocycles. The molecule has 0 aliphatic heterocycles. The fourth-order valence-corrected chi connectivity index (χ4v) is 1.99. The third kappa shape index (κ3) is 3.31. The van der Waals surface area contributed by atoms with E-state index in [0.717, 1.165) is 18.5 Å². The van der Waals surface area contributed by atoms with Crippen molar-refractivity contribution in [1.82, 2.24) is 5.32 Å². The molecule has 1 atom stereocenters. The smallest absolute Gasteiger partial charge is 0.123 e. The third-order valence-electron chi connectivity index (χ3n) is 2.85. The Kier molecular flexibility index (Phi) is 4.94. The molecule has 0 amide bonds. The Labute approximate surface area is 98.1 Å². The molecule has 0 fully saturated rings. The van der Waals surface area contributed by atoms with Crippen molar-refractivity contribution in [3.8, 4) is 0 Å². The lowest BCUT2D eigenvalue weighted by Crippen LogP contribution is -2.27. The minimum Gasteiger partial charge on any atom is -0.310 e. The van der Waals surface area contributed by atoms with Crippen molar-refractivity contribution in [2.45, 2.75) is 40.2 Å². The molecule has 0 saturated heterocycles. The molecule has 0 bridgehead atoms. The summed E-state index contributed by atoms with van der Waals surface area (Å²) in [6, 6.07) is 5.38. The SMILES string of the molecule is CCCNC(c1ccc(F)cc1C)C(C)C. The summed E-state index contributed by atoms with van der Waals surface area (Å²) in [6.45, 7) is 9.51.